The van der Waals surface area contributed by atoms with E-state index in [0.717, 1.165) is 19.5 Å². The summed E-state index contributed by atoms with van der Waals surface area (Å²) in [5.74, 6) is -0.645. The van der Waals surface area contributed by atoms with Gasteiger partial charge in [-0.3, -0.25) is 0 Å². The molecule has 1 aliphatic heterocycles. The molecular weight excluding hydrogens is 246 g/mol. The van der Waals surface area contributed by atoms with E-state index in [0.29, 0.717) is 12.5 Å². The minimum absolute atomic E-state index is 0.132. The molecule has 2 atom stereocenters. The molecule has 19 heavy (non-hydrogen) atoms. The fourth-order valence-corrected chi connectivity index (χ4v) is 2.40. The van der Waals surface area contributed by atoms with Crippen LogP contribution in [0.4, 0.5) is 4.79 Å². The Balaban J connectivity index is 2.45. The van der Waals surface area contributed by atoms with Crippen LogP contribution in [0.2, 0.25) is 0 Å². The average Bonchev–Trinajstić information content (AvgIpc) is 2.70. The van der Waals surface area contributed by atoms with Crippen LogP contribution in [-0.4, -0.2) is 66.7 Å². The number of carbonyl (C=O) groups excluding carboxylic acids is 1. The largest absolute Gasteiger partial charge is 0.480 e. The number of hydrogen-bond donors (Lipinski definition) is 2. The molecule has 1 saturated heterocycles. The van der Waals surface area contributed by atoms with Crippen molar-refractivity contribution >= 4 is 12.0 Å². The topological polar surface area (TPSA) is 72.9 Å². The Morgan fingerprint density at radius 1 is 1.47 bits per heavy atom. The van der Waals surface area contributed by atoms with Gasteiger partial charge in [-0.25, -0.2) is 9.59 Å². The van der Waals surface area contributed by atoms with Crippen LogP contribution in [0.25, 0.3) is 0 Å². The van der Waals surface area contributed by atoms with Crippen LogP contribution >= 0.6 is 0 Å². The summed E-state index contributed by atoms with van der Waals surface area (Å²) in [5.41, 5.74) is 0. The highest BCUT2D eigenvalue weighted by Gasteiger charge is 2.27. The van der Waals surface area contributed by atoms with E-state index in [1.165, 1.54) is 0 Å². The summed E-state index contributed by atoms with van der Waals surface area (Å²) in [7, 11) is 3.78. The molecule has 2 N–H and O–H groups in total. The average molecular weight is 271 g/mol. The molecule has 110 valence electrons. The first kappa shape index (κ1) is 15.8. The van der Waals surface area contributed by atoms with E-state index < -0.39 is 12.0 Å². The number of nitrogens with one attached hydrogen (secondary N) is 1. The summed E-state index contributed by atoms with van der Waals surface area (Å²) in [6.45, 7) is 6.28. The molecule has 1 rings (SSSR count). The first-order chi connectivity index (χ1) is 8.81. The van der Waals surface area contributed by atoms with Gasteiger partial charge in [0.15, 0.2) is 0 Å². The Bertz CT molecular complexity index is 333. The van der Waals surface area contributed by atoms with Crippen molar-refractivity contribution in [2.75, 3.05) is 33.7 Å². The Labute approximate surface area is 114 Å². The van der Waals surface area contributed by atoms with E-state index in [2.05, 4.69) is 17.3 Å². The lowest BCUT2D eigenvalue weighted by molar-refractivity contribution is -0.140. The zero-order valence-electron chi connectivity index (χ0n) is 12.2. The number of carbonyl (C=O) groups is 2. The Hall–Kier alpha value is -1.30. The van der Waals surface area contributed by atoms with E-state index in [4.69, 9.17) is 5.11 Å². The van der Waals surface area contributed by atoms with Gasteiger partial charge in [-0.05, 0) is 31.8 Å². The second kappa shape index (κ2) is 6.75. The number of carboxylic acid groups (broad SMARTS) is 1. The Morgan fingerprint density at radius 3 is 2.53 bits per heavy atom. The molecule has 0 aromatic rings. The first-order valence-electron chi connectivity index (χ1n) is 6.74. The van der Waals surface area contributed by atoms with Crippen molar-refractivity contribution in [3.63, 3.8) is 0 Å². The first-order valence-corrected chi connectivity index (χ1v) is 6.74. The number of amides is 2. The number of urea groups is 1. The SMILES string of the molecule is CC(C)[C@@H](NC(=O)N(C)CC1CCN(C)C1)C(=O)O. The van der Waals surface area contributed by atoms with Gasteiger partial charge < -0.3 is 20.2 Å². The molecule has 2 amide bonds. The normalized spacial score (nSPS) is 21.4. The van der Waals surface area contributed by atoms with Crippen LogP contribution in [0.3, 0.4) is 0 Å². The lowest BCUT2D eigenvalue weighted by atomic mass is 10.1. The van der Waals surface area contributed by atoms with Crippen molar-refractivity contribution in [3.8, 4) is 0 Å². The molecule has 0 aromatic heterocycles. The molecule has 0 spiro atoms. The second-order valence-corrected chi connectivity index (χ2v) is 5.81. The standard InChI is InChI=1S/C13H25N3O3/c1-9(2)11(12(17)18)14-13(19)16(4)8-10-5-6-15(3)7-10/h9-11H,5-8H2,1-4H3,(H,14,19)(H,17,18)/t10?,11-/m1/s1. The van der Waals surface area contributed by atoms with Crippen LogP contribution in [-0.2, 0) is 4.79 Å². The minimum Gasteiger partial charge on any atom is -0.480 e. The smallest absolute Gasteiger partial charge is 0.326 e. The number of hydrogen-bond acceptors (Lipinski definition) is 3. The monoisotopic (exact) mass is 271 g/mol. The fraction of sp³-hybridized carbons (Fsp3) is 0.846. The predicted molar refractivity (Wildman–Crippen MR) is 73.0 cm³/mol. The van der Waals surface area contributed by atoms with Gasteiger partial charge in [0.1, 0.15) is 6.04 Å². The number of rotatable bonds is 5. The molecule has 1 unspecified atom stereocenters. The molecule has 1 heterocycles. The van der Waals surface area contributed by atoms with Gasteiger partial charge in [0, 0.05) is 20.1 Å². The zero-order valence-corrected chi connectivity index (χ0v) is 12.2. The van der Waals surface area contributed by atoms with E-state index in [1.807, 2.05) is 0 Å². The highest BCUT2D eigenvalue weighted by molar-refractivity contribution is 5.82. The van der Waals surface area contributed by atoms with Crippen molar-refractivity contribution in [2.24, 2.45) is 11.8 Å². The number of likely N-dealkylation sites (tertiary alicyclic amines) is 1. The van der Waals surface area contributed by atoms with Crippen molar-refractivity contribution in [3.05, 3.63) is 0 Å². The maximum atomic E-state index is 12.0. The van der Waals surface area contributed by atoms with Gasteiger partial charge in [0.2, 0.25) is 0 Å². The summed E-state index contributed by atoms with van der Waals surface area (Å²) in [6.07, 6.45) is 1.08. The van der Waals surface area contributed by atoms with E-state index in [1.54, 1.807) is 25.8 Å². The third-order valence-electron chi connectivity index (χ3n) is 3.58. The van der Waals surface area contributed by atoms with Crippen LogP contribution in [0.15, 0.2) is 0 Å². The molecule has 0 aliphatic carbocycles. The van der Waals surface area contributed by atoms with Gasteiger partial charge in [-0.2, -0.15) is 0 Å². The lowest BCUT2D eigenvalue weighted by Crippen LogP contribution is -2.50. The maximum Gasteiger partial charge on any atom is 0.326 e. The minimum atomic E-state index is -0.989. The molecule has 0 saturated carbocycles. The van der Waals surface area contributed by atoms with Gasteiger partial charge in [-0.15, -0.1) is 0 Å². The molecule has 1 fully saturated rings. The quantitative estimate of drug-likeness (QED) is 0.771. The van der Waals surface area contributed by atoms with Crippen LogP contribution < -0.4 is 5.32 Å². The van der Waals surface area contributed by atoms with Crippen LogP contribution in [0.1, 0.15) is 20.3 Å². The molecule has 0 aromatic carbocycles. The van der Waals surface area contributed by atoms with Gasteiger partial charge >= 0.3 is 12.0 Å². The summed E-state index contributed by atoms with van der Waals surface area (Å²) in [6, 6.07) is -1.14. The Morgan fingerprint density at radius 2 is 2.11 bits per heavy atom. The predicted octanol–water partition coefficient (Wildman–Crippen LogP) is 0.689. The fourth-order valence-electron chi connectivity index (χ4n) is 2.40. The summed E-state index contributed by atoms with van der Waals surface area (Å²) >= 11 is 0. The molecule has 0 radical (unpaired) electrons. The third kappa shape index (κ3) is 4.70. The highest BCUT2D eigenvalue weighted by Crippen LogP contribution is 2.15. The number of nitrogens with zero attached hydrogens (tertiary/aromatic N) is 2. The zero-order chi connectivity index (χ0) is 14.6. The number of aliphatic carboxylic acids is 1. The second-order valence-electron chi connectivity index (χ2n) is 5.81. The molecule has 6 heteroatoms. The van der Waals surface area contributed by atoms with Gasteiger partial charge in [-0.1, -0.05) is 13.8 Å². The summed E-state index contributed by atoms with van der Waals surface area (Å²) in [5, 5.41) is 11.6. The van der Waals surface area contributed by atoms with Crippen molar-refractivity contribution in [1.29, 1.82) is 0 Å². The lowest BCUT2D eigenvalue weighted by Gasteiger charge is -2.25. The van der Waals surface area contributed by atoms with E-state index in [-0.39, 0.29) is 11.9 Å². The molecule has 0 bridgehead atoms. The van der Waals surface area contributed by atoms with E-state index in [9.17, 15) is 9.59 Å². The molecule has 1 aliphatic rings. The molecular formula is C13H25N3O3. The van der Waals surface area contributed by atoms with Crippen LogP contribution in [0.5, 0.6) is 0 Å². The summed E-state index contributed by atoms with van der Waals surface area (Å²) < 4.78 is 0. The molecule has 6 nitrogen and oxygen atoms in total. The van der Waals surface area contributed by atoms with Gasteiger partial charge in [0.25, 0.3) is 0 Å². The van der Waals surface area contributed by atoms with Crippen molar-refractivity contribution in [1.82, 2.24) is 15.1 Å². The van der Waals surface area contributed by atoms with Crippen LogP contribution in [0, 0.1) is 11.8 Å². The van der Waals surface area contributed by atoms with Crippen molar-refractivity contribution in [2.45, 2.75) is 26.3 Å². The number of carboxylic acids is 1. The third-order valence-corrected chi connectivity index (χ3v) is 3.58. The van der Waals surface area contributed by atoms with Gasteiger partial charge in [0.05, 0.1) is 0 Å². The van der Waals surface area contributed by atoms with Crippen molar-refractivity contribution < 1.29 is 14.7 Å². The summed E-state index contributed by atoms with van der Waals surface area (Å²) in [4.78, 5) is 26.8. The Kier molecular flexibility index (Phi) is 5.60. The van der Waals surface area contributed by atoms with E-state index >= 15 is 0 Å². The highest BCUT2D eigenvalue weighted by atomic mass is 16.4. The maximum absolute atomic E-state index is 12.0.